The number of carbonyl (C=O) groups excluding carboxylic acids is 1. The summed E-state index contributed by atoms with van der Waals surface area (Å²) in [5, 5.41) is 7.17. The third-order valence-electron chi connectivity index (χ3n) is 4.90. The Bertz CT molecular complexity index is 1020. The van der Waals surface area contributed by atoms with Crippen molar-refractivity contribution in [1.29, 1.82) is 0 Å². The molecule has 4 rings (SSSR count). The lowest BCUT2D eigenvalue weighted by molar-refractivity contribution is -0.135. The minimum absolute atomic E-state index is 0.0469. The van der Waals surface area contributed by atoms with Crippen LogP contribution in [-0.2, 0) is 31.4 Å². The maximum absolute atomic E-state index is 12.9. The molecule has 1 atom stereocenters. The number of fused-ring (bicyclic) bond motifs is 1. The van der Waals surface area contributed by atoms with E-state index in [-0.39, 0.29) is 17.5 Å². The predicted octanol–water partition coefficient (Wildman–Crippen LogP) is 1.93. The summed E-state index contributed by atoms with van der Waals surface area (Å²) in [6.45, 7) is 0.866. The number of amides is 1. The third kappa shape index (κ3) is 3.44. The fourth-order valence-electron chi connectivity index (χ4n) is 3.47. The van der Waals surface area contributed by atoms with Gasteiger partial charge in [-0.25, -0.2) is 14.5 Å². The largest absolute Gasteiger partial charge is 0.345 e. The molecular formula is C19H21N5O2S. The Morgan fingerprint density at radius 2 is 2.11 bits per heavy atom. The number of nitrogens with zero attached hydrogens (tertiary/aromatic N) is 5. The van der Waals surface area contributed by atoms with Crippen molar-refractivity contribution in [3.63, 3.8) is 0 Å². The normalized spacial score (nSPS) is 16.1. The molecule has 0 N–H and O–H groups in total. The van der Waals surface area contributed by atoms with Gasteiger partial charge in [-0.1, -0.05) is 30.3 Å². The van der Waals surface area contributed by atoms with Gasteiger partial charge in [-0.05, 0) is 6.42 Å². The molecule has 0 saturated heterocycles. The van der Waals surface area contributed by atoms with Crippen LogP contribution in [0.3, 0.4) is 0 Å². The molecule has 0 bridgehead atoms. The summed E-state index contributed by atoms with van der Waals surface area (Å²) >= 11 is 1.58. The lowest BCUT2D eigenvalue weighted by Crippen LogP contribution is -2.39. The first kappa shape index (κ1) is 17.7. The first-order valence-electron chi connectivity index (χ1n) is 8.90. The van der Waals surface area contributed by atoms with Crippen LogP contribution in [0.2, 0.25) is 0 Å². The molecule has 1 aliphatic heterocycles. The van der Waals surface area contributed by atoms with E-state index in [0.717, 1.165) is 22.1 Å². The summed E-state index contributed by atoms with van der Waals surface area (Å²) in [4.78, 5) is 31.3. The Morgan fingerprint density at radius 3 is 2.89 bits per heavy atom. The van der Waals surface area contributed by atoms with Crippen LogP contribution in [0, 0.1) is 5.92 Å². The van der Waals surface area contributed by atoms with E-state index >= 15 is 0 Å². The standard InChI is InChI=1S/C19H21N5O2S/c1-22(11-15-12-27-17(20-15)13-6-4-3-5-7-13)18(25)14-8-9-16-21-23(2)19(26)24(16)10-14/h3-7,12,14H,8-11H2,1-2H3/t14-/m1/s1. The molecular weight excluding hydrogens is 362 g/mol. The summed E-state index contributed by atoms with van der Waals surface area (Å²) in [5.41, 5.74) is 1.81. The van der Waals surface area contributed by atoms with Crippen LogP contribution < -0.4 is 5.69 Å². The topological polar surface area (TPSA) is 73.0 Å². The highest BCUT2D eigenvalue weighted by atomic mass is 32.1. The predicted molar refractivity (Wildman–Crippen MR) is 103 cm³/mol. The van der Waals surface area contributed by atoms with E-state index in [2.05, 4.69) is 10.1 Å². The molecule has 0 aliphatic carbocycles. The van der Waals surface area contributed by atoms with Gasteiger partial charge in [0.1, 0.15) is 10.8 Å². The van der Waals surface area contributed by atoms with Crippen molar-refractivity contribution in [2.24, 2.45) is 13.0 Å². The molecule has 0 radical (unpaired) electrons. The van der Waals surface area contributed by atoms with Gasteiger partial charge >= 0.3 is 5.69 Å². The zero-order chi connectivity index (χ0) is 19.0. The fourth-order valence-corrected chi connectivity index (χ4v) is 4.28. The molecule has 8 heteroatoms. The molecule has 27 heavy (non-hydrogen) atoms. The average Bonchev–Trinajstić information content (AvgIpc) is 3.26. The van der Waals surface area contributed by atoms with Crippen molar-refractivity contribution in [3.8, 4) is 10.6 Å². The second-order valence-electron chi connectivity index (χ2n) is 6.87. The molecule has 0 fully saturated rings. The molecule has 0 saturated carbocycles. The van der Waals surface area contributed by atoms with Gasteiger partial charge in [0.15, 0.2) is 0 Å². The van der Waals surface area contributed by atoms with E-state index in [1.165, 1.54) is 4.68 Å². The number of thiazole rings is 1. The maximum atomic E-state index is 12.9. The van der Waals surface area contributed by atoms with E-state index in [1.54, 1.807) is 34.9 Å². The monoisotopic (exact) mass is 383 g/mol. The summed E-state index contributed by atoms with van der Waals surface area (Å²) < 4.78 is 2.96. The molecule has 0 spiro atoms. The highest BCUT2D eigenvalue weighted by Crippen LogP contribution is 2.25. The minimum atomic E-state index is -0.198. The van der Waals surface area contributed by atoms with E-state index in [4.69, 9.17) is 0 Å². The van der Waals surface area contributed by atoms with E-state index in [0.29, 0.717) is 25.9 Å². The molecule has 2 aromatic heterocycles. The summed E-state index contributed by atoms with van der Waals surface area (Å²) in [7, 11) is 3.44. The molecule has 3 heterocycles. The van der Waals surface area contributed by atoms with Crippen LogP contribution >= 0.6 is 11.3 Å². The van der Waals surface area contributed by atoms with Crippen LogP contribution in [-0.4, -0.2) is 37.2 Å². The molecule has 1 aliphatic rings. The van der Waals surface area contributed by atoms with Crippen LogP contribution in [0.1, 0.15) is 17.9 Å². The van der Waals surface area contributed by atoms with E-state index < -0.39 is 0 Å². The average molecular weight is 383 g/mol. The smallest absolute Gasteiger partial charge is 0.340 e. The van der Waals surface area contributed by atoms with Gasteiger partial charge in [-0.2, -0.15) is 5.10 Å². The van der Waals surface area contributed by atoms with E-state index in [1.807, 2.05) is 35.7 Å². The number of hydrogen-bond donors (Lipinski definition) is 0. The van der Waals surface area contributed by atoms with Gasteiger partial charge in [-0.15, -0.1) is 11.3 Å². The molecule has 3 aromatic rings. The Labute approximate surface area is 160 Å². The van der Waals surface area contributed by atoms with Crippen molar-refractivity contribution in [2.45, 2.75) is 25.9 Å². The van der Waals surface area contributed by atoms with Gasteiger partial charge in [0, 0.05) is 38.0 Å². The molecule has 1 amide bonds. The highest BCUT2D eigenvalue weighted by Gasteiger charge is 2.29. The van der Waals surface area contributed by atoms with Crippen LogP contribution in [0.25, 0.3) is 10.6 Å². The van der Waals surface area contributed by atoms with Crippen LogP contribution in [0.15, 0.2) is 40.5 Å². The van der Waals surface area contributed by atoms with E-state index in [9.17, 15) is 9.59 Å². The quantitative estimate of drug-likeness (QED) is 0.690. The summed E-state index contributed by atoms with van der Waals surface area (Å²) in [5.74, 6) is 0.614. The molecule has 0 unspecified atom stereocenters. The molecule has 1 aromatic carbocycles. The first-order chi connectivity index (χ1) is 13.0. The number of hydrogen-bond acceptors (Lipinski definition) is 5. The Balaban J connectivity index is 1.44. The molecule has 140 valence electrons. The maximum Gasteiger partial charge on any atom is 0.345 e. The summed E-state index contributed by atoms with van der Waals surface area (Å²) in [6.07, 6.45) is 1.36. The Morgan fingerprint density at radius 1 is 1.33 bits per heavy atom. The number of aryl methyl sites for hydroxylation is 2. The van der Waals surface area contributed by atoms with Gasteiger partial charge in [0.05, 0.1) is 18.2 Å². The van der Waals surface area contributed by atoms with Gasteiger partial charge < -0.3 is 4.90 Å². The minimum Gasteiger partial charge on any atom is -0.340 e. The van der Waals surface area contributed by atoms with Gasteiger partial charge in [0.2, 0.25) is 5.91 Å². The molecule has 7 nitrogen and oxygen atoms in total. The number of carbonyl (C=O) groups is 1. The highest BCUT2D eigenvalue weighted by molar-refractivity contribution is 7.13. The summed E-state index contributed by atoms with van der Waals surface area (Å²) in [6, 6.07) is 10.0. The number of benzene rings is 1. The zero-order valence-electron chi connectivity index (χ0n) is 15.3. The lowest BCUT2D eigenvalue weighted by atomic mass is 9.98. The van der Waals surface area contributed by atoms with Crippen molar-refractivity contribution < 1.29 is 4.79 Å². The number of aromatic nitrogens is 4. The van der Waals surface area contributed by atoms with Crippen molar-refractivity contribution >= 4 is 17.2 Å². The second kappa shape index (κ2) is 7.11. The zero-order valence-corrected chi connectivity index (χ0v) is 16.1. The first-order valence-corrected chi connectivity index (χ1v) is 9.78. The van der Waals surface area contributed by atoms with Gasteiger partial charge in [-0.3, -0.25) is 9.36 Å². The lowest BCUT2D eigenvalue weighted by Gasteiger charge is -2.26. The van der Waals surface area contributed by atoms with Crippen molar-refractivity contribution in [3.05, 3.63) is 57.7 Å². The fraction of sp³-hybridized carbons (Fsp3) is 0.368. The van der Waals surface area contributed by atoms with Crippen molar-refractivity contribution in [2.75, 3.05) is 7.05 Å². The van der Waals surface area contributed by atoms with Gasteiger partial charge in [0.25, 0.3) is 0 Å². The second-order valence-corrected chi connectivity index (χ2v) is 7.73. The Kier molecular flexibility index (Phi) is 4.65. The third-order valence-corrected chi connectivity index (χ3v) is 5.84. The number of rotatable bonds is 4. The van der Waals surface area contributed by atoms with Crippen LogP contribution in [0.5, 0.6) is 0 Å². The van der Waals surface area contributed by atoms with Crippen molar-refractivity contribution in [1.82, 2.24) is 24.2 Å². The van der Waals surface area contributed by atoms with Crippen LogP contribution in [0.4, 0.5) is 0 Å². The SMILES string of the molecule is CN(Cc1csc(-c2ccccc2)n1)C(=O)[C@@H]1CCc2nn(C)c(=O)n2C1. The Hall–Kier alpha value is -2.74.